The first-order chi connectivity index (χ1) is 13.9. The highest BCUT2D eigenvalue weighted by Gasteiger charge is 2.16. The van der Waals surface area contributed by atoms with Gasteiger partial charge in [-0.25, -0.2) is 4.98 Å². The molecule has 6 heteroatoms. The summed E-state index contributed by atoms with van der Waals surface area (Å²) in [6.07, 6.45) is 0.196. The van der Waals surface area contributed by atoms with E-state index >= 15 is 0 Å². The molecule has 0 unspecified atom stereocenters. The van der Waals surface area contributed by atoms with Crippen molar-refractivity contribution in [3.8, 4) is 0 Å². The maximum absolute atomic E-state index is 13.1. The smallest absolute Gasteiger partial charge is 0.262 e. The van der Waals surface area contributed by atoms with Crippen LogP contribution in [0.25, 0.3) is 10.9 Å². The minimum Gasteiger partial charge on any atom is -0.343 e. The van der Waals surface area contributed by atoms with Gasteiger partial charge >= 0.3 is 0 Å². The van der Waals surface area contributed by atoms with Crippen molar-refractivity contribution in [2.75, 3.05) is 23.3 Å². The molecule has 0 atom stereocenters. The third kappa shape index (κ3) is 4.65. The molecule has 0 bridgehead atoms. The van der Waals surface area contributed by atoms with Crippen LogP contribution < -0.4 is 15.8 Å². The standard InChI is InChI=1S/C23H28N4O2/c1-5-26(6-2)23-25-20-10-8-7-9-19(20)22(29)27(23)12-11-21(28)24-18-14-16(3)13-17(4)15-18/h7-10,13-15H,5-6,11-12H2,1-4H3,(H,24,28). The predicted molar refractivity (Wildman–Crippen MR) is 119 cm³/mol. The van der Waals surface area contributed by atoms with E-state index < -0.39 is 0 Å². The number of rotatable bonds is 7. The summed E-state index contributed by atoms with van der Waals surface area (Å²) in [5.41, 5.74) is 3.53. The Morgan fingerprint density at radius 3 is 2.38 bits per heavy atom. The second kappa shape index (κ2) is 8.90. The normalized spacial score (nSPS) is 10.9. The number of para-hydroxylation sites is 1. The SMILES string of the molecule is CCN(CC)c1nc2ccccc2c(=O)n1CCC(=O)Nc1cc(C)cc(C)c1. The molecule has 6 nitrogen and oxygen atoms in total. The number of nitrogens with one attached hydrogen (secondary N) is 1. The number of amides is 1. The van der Waals surface area contributed by atoms with Gasteiger partial charge in [-0.2, -0.15) is 0 Å². The van der Waals surface area contributed by atoms with Gasteiger partial charge in [-0.1, -0.05) is 18.2 Å². The van der Waals surface area contributed by atoms with Crippen LogP contribution >= 0.6 is 0 Å². The van der Waals surface area contributed by atoms with Crippen LogP contribution in [0.1, 0.15) is 31.4 Å². The van der Waals surface area contributed by atoms with E-state index in [0.717, 1.165) is 29.9 Å². The first-order valence-electron chi connectivity index (χ1n) is 10.1. The van der Waals surface area contributed by atoms with E-state index in [4.69, 9.17) is 4.98 Å². The van der Waals surface area contributed by atoms with Crippen LogP contribution in [0.2, 0.25) is 0 Å². The van der Waals surface area contributed by atoms with Crippen LogP contribution in [-0.2, 0) is 11.3 Å². The van der Waals surface area contributed by atoms with Gasteiger partial charge in [0, 0.05) is 31.7 Å². The molecular weight excluding hydrogens is 364 g/mol. The average Bonchev–Trinajstić information content (AvgIpc) is 2.68. The van der Waals surface area contributed by atoms with E-state index in [0.29, 0.717) is 16.9 Å². The fraction of sp³-hybridized carbons (Fsp3) is 0.348. The zero-order chi connectivity index (χ0) is 21.0. The van der Waals surface area contributed by atoms with Gasteiger partial charge in [0.25, 0.3) is 5.56 Å². The highest BCUT2D eigenvalue weighted by atomic mass is 16.2. The fourth-order valence-electron chi connectivity index (χ4n) is 3.59. The molecule has 2 aromatic carbocycles. The molecule has 152 valence electrons. The quantitative estimate of drug-likeness (QED) is 0.662. The first kappa shape index (κ1) is 20.6. The Labute approximate surface area is 171 Å². The Morgan fingerprint density at radius 2 is 1.72 bits per heavy atom. The maximum atomic E-state index is 13.1. The number of nitrogens with zero attached hydrogens (tertiary/aromatic N) is 3. The van der Waals surface area contributed by atoms with Gasteiger partial charge < -0.3 is 10.2 Å². The monoisotopic (exact) mass is 392 g/mol. The molecule has 1 N–H and O–H groups in total. The third-order valence-electron chi connectivity index (χ3n) is 4.96. The lowest BCUT2D eigenvalue weighted by atomic mass is 10.1. The van der Waals surface area contributed by atoms with Gasteiger partial charge in [-0.05, 0) is 63.1 Å². The van der Waals surface area contributed by atoms with Crippen LogP contribution in [0.4, 0.5) is 11.6 Å². The number of aryl methyl sites for hydroxylation is 2. The molecule has 3 aromatic rings. The summed E-state index contributed by atoms with van der Waals surface area (Å²) in [5.74, 6) is 0.485. The average molecular weight is 393 g/mol. The minimum absolute atomic E-state index is 0.114. The summed E-state index contributed by atoms with van der Waals surface area (Å²) in [7, 11) is 0. The van der Waals surface area contributed by atoms with Gasteiger partial charge in [-0.15, -0.1) is 0 Å². The number of carbonyl (C=O) groups is 1. The number of aromatic nitrogens is 2. The van der Waals surface area contributed by atoms with Crippen molar-refractivity contribution < 1.29 is 4.79 Å². The Hall–Kier alpha value is -3.15. The number of hydrogen-bond donors (Lipinski definition) is 1. The van der Waals surface area contributed by atoms with Crippen LogP contribution in [-0.4, -0.2) is 28.5 Å². The molecule has 1 amide bonds. The lowest BCUT2D eigenvalue weighted by Crippen LogP contribution is -2.33. The van der Waals surface area contributed by atoms with Crippen molar-refractivity contribution >= 4 is 28.4 Å². The Bertz CT molecular complexity index is 1060. The van der Waals surface area contributed by atoms with Crippen molar-refractivity contribution in [2.45, 2.75) is 40.7 Å². The van der Waals surface area contributed by atoms with Crippen LogP contribution in [0.3, 0.4) is 0 Å². The second-order valence-corrected chi connectivity index (χ2v) is 7.23. The van der Waals surface area contributed by atoms with Crippen molar-refractivity contribution in [1.29, 1.82) is 0 Å². The molecule has 0 fully saturated rings. The summed E-state index contributed by atoms with van der Waals surface area (Å²) >= 11 is 0. The van der Waals surface area contributed by atoms with E-state index in [1.165, 1.54) is 0 Å². The molecule has 3 rings (SSSR count). The lowest BCUT2D eigenvalue weighted by molar-refractivity contribution is -0.116. The largest absolute Gasteiger partial charge is 0.343 e. The molecule has 0 spiro atoms. The second-order valence-electron chi connectivity index (χ2n) is 7.23. The van der Waals surface area contributed by atoms with E-state index in [-0.39, 0.29) is 24.4 Å². The molecular formula is C23H28N4O2. The van der Waals surface area contributed by atoms with Gasteiger partial charge in [0.15, 0.2) is 0 Å². The van der Waals surface area contributed by atoms with E-state index in [1.807, 2.05) is 62.9 Å². The van der Waals surface area contributed by atoms with E-state index in [2.05, 4.69) is 11.4 Å². The zero-order valence-electron chi connectivity index (χ0n) is 17.5. The van der Waals surface area contributed by atoms with E-state index in [1.54, 1.807) is 10.6 Å². The van der Waals surface area contributed by atoms with Crippen molar-refractivity contribution in [2.24, 2.45) is 0 Å². The van der Waals surface area contributed by atoms with E-state index in [9.17, 15) is 9.59 Å². The highest BCUT2D eigenvalue weighted by Crippen LogP contribution is 2.17. The number of benzene rings is 2. The number of anilines is 2. The number of carbonyl (C=O) groups excluding carboxylic acids is 1. The van der Waals surface area contributed by atoms with Crippen LogP contribution in [0.5, 0.6) is 0 Å². The first-order valence-corrected chi connectivity index (χ1v) is 10.1. The molecule has 29 heavy (non-hydrogen) atoms. The lowest BCUT2D eigenvalue weighted by Gasteiger charge is -2.24. The topological polar surface area (TPSA) is 67.2 Å². The van der Waals surface area contributed by atoms with Crippen molar-refractivity contribution in [3.05, 3.63) is 63.9 Å². The van der Waals surface area contributed by atoms with Crippen LogP contribution in [0.15, 0.2) is 47.3 Å². The molecule has 1 heterocycles. The number of fused-ring (bicyclic) bond motifs is 1. The van der Waals surface area contributed by atoms with Gasteiger partial charge in [-0.3, -0.25) is 14.2 Å². The summed E-state index contributed by atoms with van der Waals surface area (Å²) in [4.78, 5) is 32.4. The summed E-state index contributed by atoms with van der Waals surface area (Å²) in [6.45, 7) is 9.80. The summed E-state index contributed by atoms with van der Waals surface area (Å²) in [6, 6.07) is 13.3. The minimum atomic E-state index is -0.124. The summed E-state index contributed by atoms with van der Waals surface area (Å²) in [5, 5.41) is 3.51. The highest BCUT2D eigenvalue weighted by molar-refractivity contribution is 5.91. The summed E-state index contributed by atoms with van der Waals surface area (Å²) < 4.78 is 1.62. The Kier molecular flexibility index (Phi) is 6.32. The fourth-order valence-corrected chi connectivity index (χ4v) is 3.59. The third-order valence-corrected chi connectivity index (χ3v) is 4.96. The molecule has 0 saturated carbocycles. The van der Waals surface area contributed by atoms with Crippen LogP contribution in [0, 0.1) is 13.8 Å². The zero-order valence-corrected chi connectivity index (χ0v) is 17.5. The Balaban J connectivity index is 1.88. The number of hydrogen-bond acceptors (Lipinski definition) is 4. The molecule has 0 saturated heterocycles. The van der Waals surface area contributed by atoms with Gasteiger partial charge in [0.1, 0.15) is 0 Å². The molecule has 0 aliphatic carbocycles. The molecule has 0 aliphatic heterocycles. The molecule has 0 aliphatic rings. The van der Waals surface area contributed by atoms with Crippen molar-refractivity contribution in [1.82, 2.24) is 9.55 Å². The van der Waals surface area contributed by atoms with Crippen molar-refractivity contribution in [3.63, 3.8) is 0 Å². The van der Waals surface area contributed by atoms with Gasteiger partial charge in [0.05, 0.1) is 10.9 Å². The maximum Gasteiger partial charge on any atom is 0.262 e. The Morgan fingerprint density at radius 1 is 1.07 bits per heavy atom. The molecule has 0 radical (unpaired) electrons. The predicted octanol–water partition coefficient (Wildman–Crippen LogP) is 3.89. The molecule has 1 aromatic heterocycles. The van der Waals surface area contributed by atoms with Gasteiger partial charge in [0.2, 0.25) is 11.9 Å².